The number of nitrogens with one attached hydrogen (secondary N) is 1. The van der Waals surface area contributed by atoms with Crippen LogP contribution >= 0.6 is 0 Å². The Hall–Kier alpha value is -3.39. The van der Waals surface area contributed by atoms with Crippen LogP contribution in [0.4, 0.5) is 4.79 Å². The molecular formula is C23H24N2O6. The van der Waals surface area contributed by atoms with Gasteiger partial charge in [-0.15, -0.1) is 0 Å². The Labute approximate surface area is 179 Å². The summed E-state index contributed by atoms with van der Waals surface area (Å²) < 4.78 is 5.22. The summed E-state index contributed by atoms with van der Waals surface area (Å²) in [6.07, 6.45) is -0.267. The zero-order chi connectivity index (χ0) is 22.0. The van der Waals surface area contributed by atoms with Gasteiger partial charge in [-0.2, -0.15) is 0 Å². The number of carbonyl (C=O) groups is 3. The van der Waals surface area contributed by atoms with E-state index in [9.17, 15) is 24.6 Å². The number of ether oxygens (including phenoxy) is 1. The van der Waals surface area contributed by atoms with Crippen LogP contribution in [0.25, 0.3) is 0 Å². The van der Waals surface area contributed by atoms with Gasteiger partial charge in [-0.3, -0.25) is 4.79 Å². The monoisotopic (exact) mass is 424 g/mol. The number of aliphatic hydroxyl groups is 1. The van der Waals surface area contributed by atoms with Gasteiger partial charge in [0.15, 0.2) is 0 Å². The maximum atomic E-state index is 13.1. The van der Waals surface area contributed by atoms with E-state index in [-0.39, 0.29) is 19.4 Å². The molecule has 8 heteroatoms. The number of amides is 2. The van der Waals surface area contributed by atoms with E-state index in [4.69, 9.17) is 4.74 Å². The second kappa shape index (κ2) is 8.39. The average Bonchev–Trinajstić information content (AvgIpc) is 3.24. The van der Waals surface area contributed by atoms with Gasteiger partial charge in [0.1, 0.15) is 24.3 Å². The van der Waals surface area contributed by atoms with Crippen LogP contribution in [-0.2, 0) is 26.5 Å². The minimum Gasteiger partial charge on any atom is -0.480 e. The number of carboxylic acid groups (broad SMARTS) is 1. The van der Waals surface area contributed by atoms with Gasteiger partial charge in [-0.1, -0.05) is 60.7 Å². The topological polar surface area (TPSA) is 116 Å². The molecule has 3 N–H and O–H groups in total. The zero-order valence-electron chi connectivity index (χ0n) is 16.8. The third kappa shape index (κ3) is 3.98. The van der Waals surface area contributed by atoms with Gasteiger partial charge < -0.3 is 25.2 Å². The first-order valence-electron chi connectivity index (χ1n) is 10.2. The van der Waals surface area contributed by atoms with Crippen molar-refractivity contribution in [2.24, 2.45) is 0 Å². The van der Waals surface area contributed by atoms with Crippen molar-refractivity contribution in [3.63, 3.8) is 0 Å². The molecule has 2 heterocycles. The fourth-order valence-electron chi connectivity index (χ4n) is 4.60. The van der Waals surface area contributed by atoms with Crippen LogP contribution in [-0.4, -0.2) is 51.2 Å². The molecular weight excluding hydrogens is 400 g/mol. The second-order valence-electron chi connectivity index (χ2n) is 7.95. The number of alkyl carbamates (subject to hydrolysis) is 1. The molecule has 0 aromatic heterocycles. The Morgan fingerprint density at radius 2 is 1.71 bits per heavy atom. The molecule has 0 radical (unpaired) electrons. The van der Waals surface area contributed by atoms with Gasteiger partial charge in [0.2, 0.25) is 5.91 Å². The molecule has 0 spiro atoms. The molecule has 2 saturated heterocycles. The normalized spacial score (nSPS) is 27.5. The van der Waals surface area contributed by atoms with Crippen molar-refractivity contribution in [3.05, 3.63) is 71.8 Å². The van der Waals surface area contributed by atoms with Crippen molar-refractivity contribution < 1.29 is 29.3 Å². The average molecular weight is 424 g/mol. The second-order valence-corrected chi connectivity index (χ2v) is 7.95. The summed E-state index contributed by atoms with van der Waals surface area (Å²) >= 11 is 0. The maximum Gasteiger partial charge on any atom is 0.408 e. The lowest BCUT2D eigenvalue weighted by molar-refractivity contribution is -0.164. The molecule has 4 atom stereocenters. The van der Waals surface area contributed by atoms with Gasteiger partial charge in [-0.25, -0.2) is 9.59 Å². The molecule has 0 aliphatic carbocycles. The predicted octanol–water partition coefficient (Wildman–Crippen LogP) is 2.02. The Bertz CT molecular complexity index is 967. The summed E-state index contributed by atoms with van der Waals surface area (Å²) in [5.74, 6) is -1.65. The Morgan fingerprint density at radius 3 is 2.35 bits per heavy atom. The lowest BCUT2D eigenvalue weighted by atomic mass is 9.77. The minimum atomic E-state index is -1.49. The molecule has 4 rings (SSSR count). The van der Waals surface area contributed by atoms with E-state index in [1.165, 1.54) is 4.90 Å². The van der Waals surface area contributed by atoms with Crippen LogP contribution < -0.4 is 5.32 Å². The fraction of sp³-hybridized carbons (Fsp3) is 0.348. The van der Waals surface area contributed by atoms with E-state index < -0.39 is 41.7 Å². The molecule has 31 heavy (non-hydrogen) atoms. The lowest BCUT2D eigenvalue weighted by Crippen LogP contribution is -2.65. The third-order valence-electron chi connectivity index (χ3n) is 6.07. The number of carboxylic acids is 1. The van der Waals surface area contributed by atoms with Crippen molar-refractivity contribution in [3.8, 4) is 0 Å². The number of fused-ring (bicyclic) bond motifs is 1. The number of benzene rings is 2. The summed E-state index contributed by atoms with van der Waals surface area (Å²) in [5, 5.41) is 23.8. The van der Waals surface area contributed by atoms with Gasteiger partial charge >= 0.3 is 12.1 Å². The quantitative estimate of drug-likeness (QED) is 0.676. The molecule has 2 amide bonds. The molecule has 2 aromatic rings. The van der Waals surface area contributed by atoms with E-state index in [1.807, 2.05) is 24.3 Å². The van der Waals surface area contributed by atoms with E-state index in [0.29, 0.717) is 12.0 Å². The fourth-order valence-corrected chi connectivity index (χ4v) is 4.60. The molecule has 0 saturated carbocycles. The van der Waals surface area contributed by atoms with Crippen molar-refractivity contribution in [2.45, 2.75) is 49.6 Å². The zero-order valence-corrected chi connectivity index (χ0v) is 16.8. The molecule has 8 nitrogen and oxygen atoms in total. The van der Waals surface area contributed by atoms with Crippen molar-refractivity contribution in [2.75, 3.05) is 0 Å². The predicted molar refractivity (Wildman–Crippen MR) is 110 cm³/mol. The molecule has 2 fully saturated rings. The summed E-state index contributed by atoms with van der Waals surface area (Å²) in [4.78, 5) is 38.5. The van der Waals surface area contributed by atoms with Crippen LogP contribution in [0.3, 0.4) is 0 Å². The highest BCUT2D eigenvalue weighted by molar-refractivity contribution is 5.91. The number of aliphatic carboxylic acids is 1. The number of hydrogen-bond acceptors (Lipinski definition) is 5. The van der Waals surface area contributed by atoms with Gasteiger partial charge in [0.05, 0.1) is 6.04 Å². The summed E-state index contributed by atoms with van der Waals surface area (Å²) in [6.45, 7) is 0.0284. The smallest absolute Gasteiger partial charge is 0.408 e. The van der Waals surface area contributed by atoms with E-state index in [2.05, 4.69) is 5.32 Å². The highest BCUT2D eigenvalue weighted by atomic mass is 16.5. The van der Waals surface area contributed by atoms with Crippen LogP contribution in [0.5, 0.6) is 0 Å². The highest BCUT2D eigenvalue weighted by Crippen LogP contribution is 2.44. The number of rotatable bonds is 5. The molecule has 162 valence electrons. The van der Waals surface area contributed by atoms with Crippen LogP contribution in [0.1, 0.15) is 30.4 Å². The summed E-state index contributed by atoms with van der Waals surface area (Å²) in [5.41, 5.74) is -0.122. The molecule has 0 bridgehead atoms. The largest absolute Gasteiger partial charge is 0.480 e. The van der Waals surface area contributed by atoms with E-state index >= 15 is 0 Å². The maximum absolute atomic E-state index is 13.1. The Kier molecular flexibility index (Phi) is 5.65. The van der Waals surface area contributed by atoms with Crippen LogP contribution in [0, 0.1) is 0 Å². The summed E-state index contributed by atoms with van der Waals surface area (Å²) in [6, 6.07) is 15.1. The standard InChI is InChI=1S/C23H24N2O6/c26-20-17(24-22(29)31-14-15-7-3-1-4-8-15)13-23(30,16-9-5-2-6-10-16)19-12-11-18(21(27)28)25(19)20/h1-10,17-19,30H,11-14H2,(H,24,29)(H,27,28)/t17-,18-,19+,23+/m0/s1. The minimum absolute atomic E-state index is 0.0284. The number of nitrogens with zero attached hydrogens (tertiary/aromatic N) is 1. The number of piperidine rings is 1. The molecule has 2 aliphatic heterocycles. The first-order valence-corrected chi connectivity index (χ1v) is 10.2. The van der Waals surface area contributed by atoms with Gasteiger partial charge in [-0.05, 0) is 24.0 Å². The van der Waals surface area contributed by atoms with E-state index in [0.717, 1.165) is 5.56 Å². The molecule has 0 unspecified atom stereocenters. The number of carbonyl (C=O) groups excluding carboxylic acids is 2. The van der Waals surface area contributed by atoms with Crippen LogP contribution in [0.15, 0.2) is 60.7 Å². The SMILES string of the molecule is O=C(N[C@H]1C[C@@](O)(c2ccccc2)[C@H]2CC[C@@H](C(=O)O)N2C1=O)OCc1ccccc1. The number of hydrogen-bond donors (Lipinski definition) is 3. The summed E-state index contributed by atoms with van der Waals surface area (Å²) in [7, 11) is 0. The van der Waals surface area contributed by atoms with Crippen molar-refractivity contribution in [1.82, 2.24) is 10.2 Å². The van der Waals surface area contributed by atoms with Gasteiger partial charge in [0, 0.05) is 6.42 Å². The first kappa shape index (κ1) is 20.9. The highest BCUT2D eigenvalue weighted by Gasteiger charge is 2.57. The molecule has 2 aromatic carbocycles. The van der Waals surface area contributed by atoms with Crippen LogP contribution in [0.2, 0.25) is 0 Å². The molecule has 2 aliphatic rings. The van der Waals surface area contributed by atoms with Gasteiger partial charge in [0.25, 0.3) is 0 Å². The van der Waals surface area contributed by atoms with Crippen molar-refractivity contribution in [1.29, 1.82) is 0 Å². The third-order valence-corrected chi connectivity index (χ3v) is 6.07. The Morgan fingerprint density at radius 1 is 1.06 bits per heavy atom. The van der Waals surface area contributed by atoms with Crippen molar-refractivity contribution >= 4 is 18.0 Å². The van der Waals surface area contributed by atoms with E-state index in [1.54, 1.807) is 36.4 Å². The lowest BCUT2D eigenvalue weighted by Gasteiger charge is -2.47. The first-order chi connectivity index (χ1) is 14.9. The Balaban J connectivity index is 1.56.